The lowest BCUT2D eigenvalue weighted by Crippen LogP contribution is -2.23. The Bertz CT molecular complexity index is 915. The standard InChI is InChI=1S/C18H19N5O2/c24-23(25)17-8-4-10-20-18(17)21-22-12-13(11-14-5-3-9-19-14)15-6-1-2-7-16(15)22/h1-2,4,6-8,10,12,14,19H,3,5,9,11H2,(H,20,21)/t14-/m1/s1. The fraction of sp³-hybridized carbons (Fsp3) is 0.278. The van der Waals surface area contributed by atoms with Crippen molar-refractivity contribution in [1.82, 2.24) is 15.0 Å². The zero-order valence-corrected chi connectivity index (χ0v) is 13.7. The van der Waals surface area contributed by atoms with Gasteiger partial charge in [-0.2, -0.15) is 0 Å². The van der Waals surface area contributed by atoms with E-state index in [9.17, 15) is 10.1 Å². The number of anilines is 1. The fourth-order valence-electron chi connectivity index (χ4n) is 3.45. The van der Waals surface area contributed by atoms with Crippen molar-refractivity contribution in [3.63, 3.8) is 0 Å². The molecule has 0 unspecified atom stereocenters. The molecule has 1 aliphatic heterocycles. The number of nitrogens with one attached hydrogen (secondary N) is 2. The van der Waals surface area contributed by atoms with Gasteiger partial charge in [-0.1, -0.05) is 18.2 Å². The third-order valence-corrected chi connectivity index (χ3v) is 4.63. The Morgan fingerprint density at radius 1 is 1.32 bits per heavy atom. The van der Waals surface area contributed by atoms with E-state index in [2.05, 4.69) is 21.8 Å². The van der Waals surface area contributed by atoms with Gasteiger partial charge in [0.05, 0.1) is 10.4 Å². The van der Waals surface area contributed by atoms with Crippen LogP contribution in [0.3, 0.4) is 0 Å². The second-order valence-corrected chi connectivity index (χ2v) is 6.28. The molecule has 3 aromatic rings. The van der Waals surface area contributed by atoms with Crippen LogP contribution in [0.1, 0.15) is 18.4 Å². The maximum absolute atomic E-state index is 11.2. The summed E-state index contributed by atoms with van der Waals surface area (Å²) < 4.78 is 1.83. The summed E-state index contributed by atoms with van der Waals surface area (Å²) in [7, 11) is 0. The monoisotopic (exact) mass is 337 g/mol. The molecule has 7 nitrogen and oxygen atoms in total. The molecule has 2 N–H and O–H groups in total. The van der Waals surface area contributed by atoms with Crippen LogP contribution in [0.4, 0.5) is 11.5 Å². The Hall–Kier alpha value is -2.93. The molecule has 1 saturated heterocycles. The number of benzene rings is 1. The predicted molar refractivity (Wildman–Crippen MR) is 96.6 cm³/mol. The Balaban J connectivity index is 1.71. The van der Waals surface area contributed by atoms with Crippen molar-refractivity contribution in [2.24, 2.45) is 0 Å². The summed E-state index contributed by atoms with van der Waals surface area (Å²) in [5.74, 6) is 0.235. The van der Waals surface area contributed by atoms with Gasteiger partial charge < -0.3 is 5.32 Å². The summed E-state index contributed by atoms with van der Waals surface area (Å²) in [6.07, 6.45) is 6.90. The van der Waals surface area contributed by atoms with E-state index in [4.69, 9.17) is 0 Å². The highest BCUT2D eigenvalue weighted by Crippen LogP contribution is 2.26. The van der Waals surface area contributed by atoms with Crippen molar-refractivity contribution in [3.8, 4) is 0 Å². The van der Waals surface area contributed by atoms with E-state index in [-0.39, 0.29) is 11.5 Å². The summed E-state index contributed by atoms with van der Waals surface area (Å²) >= 11 is 0. The Morgan fingerprint density at radius 3 is 3.00 bits per heavy atom. The maximum atomic E-state index is 11.2. The predicted octanol–water partition coefficient (Wildman–Crippen LogP) is 3.11. The average molecular weight is 337 g/mol. The van der Waals surface area contributed by atoms with Gasteiger partial charge in [0, 0.05) is 29.9 Å². The highest BCUT2D eigenvalue weighted by Gasteiger charge is 2.19. The van der Waals surface area contributed by atoms with Crippen molar-refractivity contribution in [2.45, 2.75) is 25.3 Å². The normalized spacial score (nSPS) is 17.0. The minimum Gasteiger partial charge on any atom is -0.314 e. The molecule has 0 spiro atoms. The number of hydrogen-bond donors (Lipinski definition) is 2. The summed E-state index contributed by atoms with van der Waals surface area (Å²) in [5.41, 5.74) is 5.25. The molecule has 4 rings (SSSR count). The molecular weight excluding hydrogens is 318 g/mol. The number of nitrogens with zero attached hydrogens (tertiary/aromatic N) is 3. The van der Waals surface area contributed by atoms with Crippen LogP contribution in [0.5, 0.6) is 0 Å². The van der Waals surface area contributed by atoms with Crippen molar-refractivity contribution in [2.75, 3.05) is 12.0 Å². The van der Waals surface area contributed by atoms with Gasteiger partial charge in [-0.25, -0.2) is 4.98 Å². The van der Waals surface area contributed by atoms with E-state index >= 15 is 0 Å². The van der Waals surface area contributed by atoms with Gasteiger partial charge in [0.2, 0.25) is 5.82 Å². The van der Waals surface area contributed by atoms with E-state index in [0.717, 1.165) is 23.9 Å². The Labute approximate surface area is 144 Å². The average Bonchev–Trinajstić information content (AvgIpc) is 3.25. The van der Waals surface area contributed by atoms with E-state index < -0.39 is 4.92 Å². The number of pyridine rings is 1. The van der Waals surface area contributed by atoms with Gasteiger partial charge in [-0.15, -0.1) is 0 Å². The minimum absolute atomic E-state index is 0.0423. The van der Waals surface area contributed by atoms with E-state index in [1.165, 1.54) is 24.5 Å². The summed E-state index contributed by atoms with van der Waals surface area (Å²) in [5, 5.41) is 15.9. The number of rotatable bonds is 5. The lowest BCUT2D eigenvalue weighted by molar-refractivity contribution is -0.384. The molecular formula is C18H19N5O2. The molecule has 1 fully saturated rings. The molecule has 128 valence electrons. The molecule has 1 aromatic carbocycles. The molecule has 3 heterocycles. The van der Waals surface area contributed by atoms with Crippen LogP contribution in [0.15, 0.2) is 48.8 Å². The van der Waals surface area contributed by atoms with Gasteiger partial charge in [0.25, 0.3) is 0 Å². The summed E-state index contributed by atoms with van der Waals surface area (Å²) in [6.45, 7) is 1.07. The molecule has 2 aromatic heterocycles. The fourth-order valence-corrected chi connectivity index (χ4v) is 3.45. The number of aromatic nitrogens is 2. The number of para-hydroxylation sites is 1. The number of hydrogen-bond acceptors (Lipinski definition) is 5. The molecule has 0 saturated carbocycles. The van der Waals surface area contributed by atoms with Crippen molar-refractivity contribution < 1.29 is 4.92 Å². The van der Waals surface area contributed by atoms with Gasteiger partial charge in [0.15, 0.2) is 0 Å². The molecule has 7 heteroatoms. The lowest BCUT2D eigenvalue weighted by atomic mass is 10.0. The highest BCUT2D eigenvalue weighted by atomic mass is 16.6. The van der Waals surface area contributed by atoms with Crippen molar-refractivity contribution in [1.29, 1.82) is 0 Å². The second kappa shape index (κ2) is 6.52. The molecule has 0 radical (unpaired) electrons. The van der Waals surface area contributed by atoms with Crippen LogP contribution >= 0.6 is 0 Å². The largest absolute Gasteiger partial charge is 0.314 e. The van der Waals surface area contributed by atoms with Gasteiger partial charge in [0.1, 0.15) is 0 Å². The molecule has 25 heavy (non-hydrogen) atoms. The first-order chi connectivity index (χ1) is 12.2. The first-order valence-electron chi connectivity index (χ1n) is 8.41. The molecule has 0 amide bonds. The molecule has 1 atom stereocenters. The SMILES string of the molecule is O=[N+]([O-])c1cccnc1Nn1cc(C[C@H]2CCCN2)c2ccccc21. The zero-order chi connectivity index (χ0) is 17.2. The summed E-state index contributed by atoms with van der Waals surface area (Å²) in [4.78, 5) is 14.9. The second-order valence-electron chi connectivity index (χ2n) is 6.28. The number of nitro groups is 1. The maximum Gasteiger partial charge on any atom is 0.313 e. The highest BCUT2D eigenvalue weighted by molar-refractivity contribution is 5.84. The topological polar surface area (TPSA) is 85.0 Å². The van der Waals surface area contributed by atoms with Crippen LogP contribution in [0, 0.1) is 10.1 Å². The first-order valence-corrected chi connectivity index (χ1v) is 8.41. The number of fused-ring (bicyclic) bond motifs is 1. The van der Waals surface area contributed by atoms with E-state index in [1.54, 1.807) is 12.3 Å². The van der Waals surface area contributed by atoms with Crippen LogP contribution in [0.2, 0.25) is 0 Å². The lowest BCUT2D eigenvalue weighted by Gasteiger charge is -2.09. The Morgan fingerprint density at radius 2 is 2.20 bits per heavy atom. The third-order valence-electron chi connectivity index (χ3n) is 4.63. The Kier molecular flexibility index (Phi) is 4.07. The van der Waals surface area contributed by atoms with Crippen molar-refractivity contribution >= 4 is 22.4 Å². The van der Waals surface area contributed by atoms with E-state index in [1.807, 2.05) is 29.1 Å². The van der Waals surface area contributed by atoms with Crippen LogP contribution in [-0.4, -0.2) is 27.2 Å². The van der Waals surface area contributed by atoms with Gasteiger partial charge >= 0.3 is 5.69 Å². The molecule has 1 aliphatic rings. The van der Waals surface area contributed by atoms with Crippen molar-refractivity contribution in [3.05, 3.63) is 64.5 Å². The van der Waals surface area contributed by atoms with Crippen LogP contribution in [-0.2, 0) is 6.42 Å². The van der Waals surface area contributed by atoms with E-state index in [0.29, 0.717) is 6.04 Å². The van der Waals surface area contributed by atoms with Crippen LogP contribution < -0.4 is 10.7 Å². The van der Waals surface area contributed by atoms with Crippen LogP contribution in [0.25, 0.3) is 10.9 Å². The zero-order valence-electron chi connectivity index (χ0n) is 13.7. The first kappa shape index (κ1) is 15.6. The third kappa shape index (κ3) is 3.06. The van der Waals surface area contributed by atoms with Gasteiger partial charge in [-0.05, 0) is 43.5 Å². The quantitative estimate of drug-likeness (QED) is 0.552. The van der Waals surface area contributed by atoms with Gasteiger partial charge in [-0.3, -0.25) is 20.2 Å². The molecule has 0 bridgehead atoms. The summed E-state index contributed by atoms with van der Waals surface area (Å²) in [6, 6.07) is 11.6. The molecule has 0 aliphatic carbocycles. The minimum atomic E-state index is -0.426. The smallest absolute Gasteiger partial charge is 0.313 e.